The summed E-state index contributed by atoms with van der Waals surface area (Å²) in [7, 11) is 1.75. The molecule has 0 bridgehead atoms. The van der Waals surface area contributed by atoms with Gasteiger partial charge in [-0.2, -0.15) is 0 Å². The predicted octanol–water partition coefficient (Wildman–Crippen LogP) is 2.87. The molecule has 0 amide bonds. The van der Waals surface area contributed by atoms with Gasteiger partial charge in [0.15, 0.2) is 0 Å². The highest BCUT2D eigenvalue weighted by atomic mass is 16.5. The summed E-state index contributed by atoms with van der Waals surface area (Å²) in [6.07, 6.45) is 4.61. The average Bonchev–Trinajstić information content (AvgIpc) is 3.27. The van der Waals surface area contributed by atoms with E-state index in [0.29, 0.717) is 0 Å². The molecule has 102 valence electrons. The lowest BCUT2D eigenvalue weighted by Gasteiger charge is -2.19. The van der Waals surface area contributed by atoms with Crippen molar-refractivity contribution in [2.24, 2.45) is 0 Å². The molecule has 0 aromatic heterocycles. The smallest absolute Gasteiger partial charge is 0.304 e. The van der Waals surface area contributed by atoms with Gasteiger partial charge in [0.1, 0.15) is 0 Å². The Hall–Kier alpha value is -1.35. The van der Waals surface area contributed by atoms with E-state index in [1.807, 2.05) is 0 Å². The van der Waals surface area contributed by atoms with Gasteiger partial charge < -0.3 is 9.84 Å². The first-order chi connectivity index (χ1) is 9.10. The average molecular weight is 260 g/mol. The van der Waals surface area contributed by atoms with Crippen LogP contribution in [0.25, 0.3) is 0 Å². The highest BCUT2D eigenvalue weighted by molar-refractivity contribution is 5.70. The molecule has 0 unspecified atom stereocenters. The zero-order chi connectivity index (χ0) is 13.5. The van der Waals surface area contributed by atoms with Crippen LogP contribution in [0.2, 0.25) is 0 Å². The Balaban J connectivity index is 1.87. The molecule has 0 heterocycles. The summed E-state index contributed by atoms with van der Waals surface area (Å²) < 4.78 is 5.34. The third-order valence-corrected chi connectivity index (χ3v) is 4.70. The second-order valence-corrected chi connectivity index (χ2v) is 6.14. The normalized spacial score (nSPS) is 21.9. The van der Waals surface area contributed by atoms with Crippen LogP contribution in [0.1, 0.15) is 43.2 Å². The van der Waals surface area contributed by atoms with Crippen molar-refractivity contribution in [3.05, 3.63) is 35.4 Å². The first-order valence-corrected chi connectivity index (χ1v) is 6.92. The Bertz CT molecular complexity index is 498. The summed E-state index contributed by atoms with van der Waals surface area (Å²) >= 11 is 0. The Kier molecular flexibility index (Phi) is 2.90. The molecule has 3 heteroatoms. The van der Waals surface area contributed by atoms with Crippen LogP contribution in [0.5, 0.6) is 0 Å². The summed E-state index contributed by atoms with van der Waals surface area (Å²) in [4.78, 5) is 11.0. The van der Waals surface area contributed by atoms with E-state index in [0.717, 1.165) is 19.4 Å². The van der Waals surface area contributed by atoms with Crippen LogP contribution >= 0.6 is 0 Å². The lowest BCUT2D eigenvalue weighted by atomic mass is 9.87. The fourth-order valence-corrected chi connectivity index (χ4v) is 3.13. The first kappa shape index (κ1) is 12.7. The Labute approximate surface area is 113 Å². The monoisotopic (exact) mass is 260 g/mol. The maximum absolute atomic E-state index is 11.0. The van der Waals surface area contributed by atoms with Gasteiger partial charge in [-0.15, -0.1) is 0 Å². The molecule has 1 aromatic rings. The molecule has 3 rings (SSSR count). The van der Waals surface area contributed by atoms with E-state index in [1.54, 1.807) is 7.11 Å². The van der Waals surface area contributed by atoms with Crippen LogP contribution < -0.4 is 0 Å². The van der Waals surface area contributed by atoms with Gasteiger partial charge in [-0.25, -0.2) is 0 Å². The third-order valence-electron chi connectivity index (χ3n) is 4.70. The van der Waals surface area contributed by atoms with E-state index in [4.69, 9.17) is 9.84 Å². The molecule has 0 aliphatic heterocycles. The number of carbonyl (C=O) groups is 1. The molecule has 1 N–H and O–H groups in total. The van der Waals surface area contributed by atoms with E-state index >= 15 is 0 Å². The van der Waals surface area contributed by atoms with E-state index in [2.05, 4.69) is 24.3 Å². The standard InChI is InChI=1S/C16H20O3/c1-19-11-16(7-8-16)13-4-2-3-12(9-13)15(5-6-15)10-14(17)18/h2-4,9H,5-8,10-11H2,1H3,(H,17,18). The second kappa shape index (κ2) is 4.34. The van der Waals surface area contributed by atoms with Gasteiger partial charge in [0, 0.05) is 17.9 Å². The van der Waals surface area contributed by atoms with Crippen molar-refractivity contribution in [3.63, 3.8) is 0 Å². The summed E-state index contributed by atoms with van der Waals surface area (Å²) in [6.45, 7) is 0.766. The van der Waals surface area contributed by atoms with Crippen LogP contribution in [0.15, 0.2) is 24.3 Å². The predicted molar refractivity (Wildman–Crippen MR) is 72.4 cm³/mol. The lowest BCUT2D eigenvalue weighted by Crippen LogP contribution is -2.17. The minimum Gasteiger partial charge on any atom is -0.481 e. The quantitative estimate of drug-likeness (QED) is 0.855. The molecule has 3 nitrogen and oxygen atoms in total. The summed E-state index contributed by atoms with van der Waals surface area (Å²) in [5.41, 5.74) is 2.63. The molecule has 0 spiro atoms. The summed E-state index contributed by atoms with van der Waals surface area (Å²) in [5, 5.41) is 9.06. The van der Waals surface area contributed by atoms with E-state index in [1.165, 1.54) is 24.0 Å². The number of carboxylic acid groups (broad SMARTS) is 1. The molecule has 0 radical (unpaired) electrons. The van der Waals surface area contributed by atoms with Crippen LogP contribution in [-0.2, 0) is 20.4 Å². The number of aliphatic carboxylic acids is 1. The zero-order valence-corrected chi connectivity index (χ0v) is 11.3. The van der Waals surface area contributed by atoms with Crippen molar-refractivity contribution in [1.29, 1.82) is 0 Å². The highest BCUT2D eigenvalue weighted by Gasteiger charge is 2.48. The number of carboxylic acids is 1. The molecule has 19 heavy (non-hydrogen) atoms. The molecule has 2 saturated carbocycles. The maximum atomic E-state index is 11.0. The van der Waals surface area contributed by atoms with Gasteiger partial charge in [0.2, 0.25) is 0 Å². The van der Waals surface area contributed by atoms with Crippen molar-refractivity contribution in [2.75, 3.05) is 13.7 Å². The van der Waals surface area contributed by atoms with Crippen LogP contribution in [-0.4, -0.2) is 24.8 Å². The van der Waals surface area contributed by atoms with Gasteiger partial charge in [0.05, 0.1) is 13.0 Å². The topological polar surface area (TPSA) is 46.5 Å². The van der Waals surface area contributed by atoms with Gasteiger partial charge >= 0.3 is 5.97 Å². The maximum Gasteiger partial charge on any atom is 0.304 e. The minimum absolute atomic E-state index is 0.0923. The van der Waals surface area contributed by atoms with Gasteiger partial charge in [0.25, 0.3) is 0 Å². The van der Waals surface area contributed by atoms with Crippen molar-refractivity contribution in [2.45, 2.75) is 42.9 Å². The molecular weight excluding hydrogens is 240 g/mol. The van der Waals surface area contributed by atoms with Crippen LogP contribution in [0.3, 0.4) is 0 Å². The molecule has 0 saturated heterocycles. The Morgan fingerprint density at radius 2 is 1.79 bits per heavy atom. The molecular formula is C16H20O3. The fourth-order valence-electron chi connectivity index (χ4n) is 3.13. The molecule has 2 aliphatic rings. The van der Waals surface area contributed by atoms with Gasteiger partial charge in [-0.3, -0.25) is 4.79 Å². The number of hydrogen-bond donors (Lipinski definition) is 1. The van der Waals surface area contributed by atoms with Gasteiger partial charge in [-0.05, 0) is 36.8 Å². The van der Waals surface area contributed by atoms with E-state index < -0.39 is 5.97 Å². The van der Waals surface area contributed by atoms with Crippen LogP contribution in [0.4, 0.5) is 0 Å². The minimum atomic E-state index is -0.694. The molecule has 2 aliphatic carbocycles. The SMILES string of the molecule is COCC1(c2cccc(C3(CC(=O)O)CC3)c2)CC1. The highest BCUT2D eigenvalue weighted by Crippen LogP contribution is 2.53. The number of hydrogen-bond acceptors (Lipinski definition) is 2. The van der Waals surface area contributed by atoms with Gasteiger partial charge in [-0.1, -0.05) is 24.3 Å². The molecule has 0 atom stereocenters. The number of benzene rings is 1. The number of rotatable bonds is 6. The van der Waals surface area contributed by atoms with Crippen LogP contribution in [0, 0.1) is 0 Å². The Morgan fingerprint density at radius 3 is 2.26 bits per heavy atom. The van der Waals surface area contributed by atoms with Crippen molar-refractivity contribution in [1.82, 2.24) is 0 Å². The largest absolute Gasteiger partial charge is 0.481 e. The third kappa shape index (κ3) is 2.27. The zero-order valence-electron chi connectivity index (χ0n) is 11.3. The lowest BCUT2D eigenvalue weighted by molar-refractivity contribution is -0.137. The van der Waals surface area contributed by atoms with E-state index in [-0.39, 0.29) is 17.3 Å². The number of methoxy groups -OCH3 is 1. The van der Waals surface area contributed by atoms with Crippen molar-refractivity contribution < 1.29 is 14.6 Å². The molecule has 1 aromatic carbocycles. The fraction of sp³-hybridized carbons (Fsp3) is 0.562. The summed E-state index contributed by atoms with van der Waals surface area (Å²) in [5.74, 6) is -0.694. The first-order valence-electron chi connectivity index (χ1n) is 6.92. The second-order valence-electron chi connectivity index (χ2n) is 6.14. The van der Waals surface area contributed by atoms with Crippen molar-refractivity contribution in [3.8, 4) is 0 Å². The molecule has 2 fully saturated rings. The Morgan fingerprint density at radius 1 is 1.21 bits per heavy atom. The summed E-state index contributed by atoms with van der Waals surface area (Å²) in [6, 6.07) is 8.54. The van der Waals surface area contributed by atoms with E-state index in [9.17, 15) is 4.79 Å². The van der Waals surface area contributed by atoms with Crippen molar-refractivity contribution >= 4 is 5.97 Å². The number of ether oxygens (including phenoxy) is 1.